The normalized spacial score (nSPS) is 19.1. The lowest BCUT2D eigenvalue weighted by molar-refractivity contribution is -0.121. The number of nitrogens with two attached hydrogens (primary N) is 1. The average Bonchev–Trinajstić information content (AvgIpc) is 2.71. The Balaban J connectivity index is 2.40. The SMILES string of the molecule is N#Cc1ccnc(N2C(=O)CCC2C(N)=O)n1. The molecule has 7 nitrogen and oxygen atoms in total. The van der Waals surface area contributed by atoms with E-state index in [0.717, 1.165) is 4.90 Å². The predicted octanol–water partition coefficient (Wildman–Crippen LogP) is -0.671. The highest BCUT2D eigenvalue weighted by Crippen LogP contribution is 2.23. The lowest BCUT2D eigenvalue weighted by atomic mass is 10.2. The lowest BCUT2D eigenvalue weighted by Crippen LogP contribution is -2.43. The molecule has 1 aromatic heterocycles. The van der Waals surface area contributed by atoms with Crippen molar-refractivity contribution in [3.8, 4) is 6.07 Å². The van der Waals surface area contributed by atoms with Gasteiger partial charge in [0.25, 0.3) is 0 Å². The minimum atomic E-state index is -0.726. The van der Waals surface area contributed by atoms with Crippen molar-refractivity contribution in [2.24, 2.45) is 5.73 Å². The Morgan fingerprint density at radius 2 is 2.41 bits per heavy atom. The first-order valence-corrected chi connectivity index (χ1v) is 4.98. The number of hydrogen-bond acceptors (Lipinski definition) is 5. The van der Waals surface area contributed by atoms with E-state index in [0.29, 0.717) is 6.42 Å². The molecule has 0 spiro atoms. The number of anilines is 1. The summed E-state index contributed by atoms with van der Waals surface area (Å²) in [6.45, 7) is 0. The number of carbonyl (C=O) groups excluding carboxylic acids is 2. The Hall–Kier alpha value is -2.49. The molecule has 0 saturated carbocycles. The number of nitrogens with zero attached hydrogens (tertiary/aromatic N) is 4. The summed E-state index contributed by atoms with van der Waals surface area (Å²) in [5, 5.41) is 8.71. The molecule has 2 amide bonds. The van der Waals surface area contributed by atoms with Gasteiger partial charge in [-0.2, -0.15) is 5.26 Å². The fourth-order valence-corrected chi connectivity index (χ4v) is 1.73. The van der Waals surface area contributed by atoms with Gasteiger partial charge in [0.1, 0.15) is 17.8 Å². The van der Waals surface area contributed by atoms with Crippen LogP contribution in [0.25, 0.3) is 0 Å². The average molecular weight is 231 g/mol. The molecule has 2 heterocycles. The van der Waals surface area contributed by atoms with Crippen LogP contribution in [0.2, 0.25) is 0 Å². The minimum absolute atomic E-state index is 0.0513. The van der Waals surface area contributed by atoms with Crippen LogP contribution in [-0.2, 0) is 9.59 Å². The van der Waals surface area contributed by atoms with Crippen molar-refractivity contribution in [2.45, 2.75) is 18.9 Å². The molecule has 2 N–H and O–H groups in total. The van der Waals surface area contributed by atoms with Crippen LogP contribution in [0.5, 0.6) is 0 Å². The number of hydrogen-bond donors (Lipinski definition) is 1. The number of amides is 2. The smallest absolute Gasteiger partial charge is 0.240 e. The molecule has 1 aliphatic heterocycles. The molecule has 1 saturated heterocycles. The number of aromatic nitrogens is 2. The zero-order chi connectivity index (χ0) is 12.4. The van der Waals surface area contributed by atoms with E-state index in [1.165, 1.54) is 12.3 Å². The van der Waals surface area contributed by atoms with Crippen molar-refractivity contribution in [2.75, 3.05) is 4.90 Å². The summed E-state index contributed by atoms with van der Waals surface area (Å²) in [5.41, 5.74) is 5.34. The molecular formula is C10H9N5O2. The highest BCUT2D eigenvalue weighted by Gasteiger charge is 2.37. The molecule has 0 radical (unpaired) electrons. The second kappa shape index (κ2) is 4.17. The number of nitriles is 1. The second-order valence-electron chi connectivity index (χ2n) is 3.57. The van der Waals surface area contributed by atoms with Crippen LogP contribution in [0.3, 0.4) is 0 Å². The Kier molecular flexibility index (Phi) is 2.70. The van der Waals surface area contributed by atoms with Gasteiger partial charge in [-0.3, -0.25) is 14.5 Å². The van der Waals surface area contributed by atoms with E-state index in [1.54, 1.807) is 0 Å². The molecule has 1 fully saturated rings. The topological polar surface area (TPSA) is 113 Å². The highest BCUT2D eigenvalue weighted by molar-refractivity contribution is 6.02. The lowest BCUT2D eigenvalue weighted by Gasteiger charge is -2.19. The standard InChI is InChI=1S/C10H9N5O2/c11-5-6-3-4-13-10(14-6)15-7(9(12)17)1-2-8(15)16/h3-4,7H,1-2H2,(H2,12,17). The molecule has 0 bridgehead atoms. The monoisotopic (exact) mass is 231 g/mol. The minimum Gasteiger partial charge on any atom is -0.368 e. The van der Waals surface area contributed by atoms with Crippen LogP contribution in [-0.4, -0.2) is 27.8 Å². The summed E-state index contributed by atoms with van der Waals surface area (Å²) in [4.78, 5) is 31.8. The van der Waals surface area contributed by atoms with E-state index in [4.69, 9.17) is 11.0 Å². The van der Waals surface area contributed by atoms with Crippen molar-refractivity contribution in [3.05, 3.63) is 18.0 Å². The third-order valence-corrected chi connectivity index (χ3v) is 2.51. The van der Waals surface area contributed by atoms with Gasteiger partial charge in [-0.1, -0.05) is 0 Å². The summed E-state index contributed by atoms with van der Waals surface area (Å²) in [7, 11) is 0. The first-order valence-electron chi connectivity index (χ1n) is 4.98. The molecular weight excluding hydrogens is 222 g/mol. The zero-order valence-electron chi connectivity index (χ0n) is 8.83. The zero-order valence-corrected chi connectivity index (χ0v) is 8.83. The molecule has 0 aliphatic carbocycles. The first-order chi connectivity index (χ1) is 8.13. The highest BCUT2D eigenvalue weighted by atomic mass is 16.2. The third-order valence-electron chi connectivity index (χ3n) is 2.51. The molecule has 2 rings (SSSR count). The van der Waals surface area contributed by atoms with Crippen LogP contribution in [0.4, 0.5) is 5.95 Å². The third kappa shape index (κ3) is 1.92. The predicted molar refractivity (Wildman–Crippen MR) is 56.4 cm³/mol. The Morgan fingerprint density at radius 3 is 3.06 bits per heavy atom. The molecule has 1 aromatic rings. The quantitative estimate of drug-likeness (QED) is 0.725. The van der Waals surface area contributed by atoms with Gasteiger partial charge in [-0.15, -0.1) is 0 Å². The summed E-state index contributed by atoms with van der Waals surface area (Å²) in [6, 6.07) is 2.54. The largest absolute Gasteiger partial charge is 0.368 e. The number of primary amides is 1. The van der Waals surface area contributed by atoms with Crippen molar-refractivity contribution >= 4 is 17.8 Å². The summed E-state index contributed by atoms with van der Waals surface area (Å²) in [6.07, 6.45) is 1.95. The van der Waals surface area contributed by atoms with Gasteiger partial charge in [0.15, 0.2) is 0 Å². The van der Waals surface area contributed by atoms with Gasteiger partial charge in [-0.25, -0.2) is 9.97 Å². The summed E-state index contributed by atoms with van der Waals surface area (Å²) < 4.78 is 0. The van der Waals surface area contributed by atoms with Gasteiger partial charge in [-0.05, 0) is 12.5 Å². The molecule has 0 aromatic carbocycles. The van der Waals surface area contributed by atoms with E-state index in [2.05, 4.69) is 9.97 Å². The Labute approximate surface area is 96.9 Å². The Morgan fingerprint density at radius 1 is 1.65 bits per heavy atom. The molecule has 1 atom stereocenters. The van der Waals surface area contributed by atoms with Crippen molar-refractivity contribution in [3.63, 3.8) is 0 Å². The van der Waals surface area contributed by atoms with Crippen molar-refractivity contribution in [1.82, 2.24) is 9.97 Å². The van der Waals surface area contributed by atoms with Crippen LogP contribution < -0.4 is 10.6 Å². The molecule has 17 heavy (non-hydrogen) atoms. The molecule has 86 valence electrons. The van der Waals surface area contributed by atoms with Crippen LogP contribution in [0.1, 0.15) is 18.5 Å². The van der Waals surface area contributed by atoms with Gasteiger partial charge >= 0.3 is 0 Å². The maximum Gasteiger partial charge on any atom is 0.240 e. The summed E-state index contributed by atoms with van der Waals surface area (Å²) >= 11 is 0. The maximum atomic E-state index is 11.6. The molecule has 1 unspecified atom stereocenters. The van der Waals surface area contributed by atoms with E-state index in [1.807, 2.05) is 6.07 Å². The molecule has 7 heteroatoms. The van der Waals surface area contributed by atoms with Gasteiger partial charge < -0.3 is 5.73 Å². The fraction of sp³-hybridized carbons (Fsp3) is 0.300. The maximum absolute atomic E-state index is 11.6. The van der Waals surface area contributed by atoms with Gasteiger partial charge in [0.05, 0.1) is 0 Å². The molecule has 1 aliphatic rings. The second-order valence-corrected chi connectivity index (χ2v) is 3.57. The summed E-state index contributed by atoms with van der Waals surface area (Å²) in [5.74, 6) is -0.805. The van der Waals surface area contributed by atoms with Gasteiger partial charge in [0, 0.05) is 12.6 Å². The number of rotatable bonds is 2. The Bertz CT molecular complexity index is 522. The van der Waals surface area contributed by atoms with Crippen molar-refractivity contribution < 1.29 is 9.59 Å². The van der Waals surface area contributed by atoms with Gasteiger partial charge in [0.2, 0.25) is 17.8 Å². The van der Waals surface area contributed by atoms with Crippen LogP contribution in [0.15, 0.2) is 12.3 Å². The van der Waals surface area contributed by atoms with Crippen molar-refractivity contribution in [1.29, 1.82) is 5.26 Å². The van der Waals surface area contributed by atoms with Crippen LogP contribution >= 0.6 is 0 Å². The number of carbonyl (C=O) groups is 2. The van der Waals surface area contributed by atoms with E-state index < -0.39 is 11.9 Å². The van der Waals surface area contributed by atoms with E-state index in [9.17, 15) is 9.59 Å². The fourth-order valence-electron chi connectivity index (χ4n) is 1.73. The van der Waals surface area contributed by atoms with E-state index >= 15 is 0 Å². The first kappa shape index (κ1) is 11.0. The van der Waals surface area contributed by atoms with Crippen LogP contribution in [0, 0.1) is 11.3 Å². The van der Waals surface area contributed by atoms with E-state index in [-0.39, 0.29) is 24.0 Å².